The number of rotatable bonds is 7. The Kier molecular flexibility index (Phi) is 7.04. The molecule has 0 aromatic heterocycles. The van der Waals surface area contributed by atoms with Gasteiger partial charge in [-0.25, -0.2) is 0 Å². The average Bonchev–Trinajstić information content (AvgIpc) is 2.29. The van der Waals surface area contributed by atoms with E-state index in [-0.39, 0.29) is 12.2 Å². The van der Waals surface area contributed by atoms with Crippen LogP contribution in [0.1, 0.15) is 27.2 Å². The highest BCUT2D eigenvalue weighted by Crippen LogP contribution is 2.04. The van der Waals surface area contributed by atoms with Gasteiger partial charge in [0.1, 0.15) is 0 Å². The van der Waals surface area contributed by atoms with Gasteiger partial charge in [-0.1, -0.05) is 6.92 Å². The number of β-amino-alcohol motifs (C(OH)–C–C–N with tert-alkyl or cyclic N) is 1. The zero-order valence-corrected chi connectivity index (χ0v) is 11.6. The summed E-state index contributed by atoms with van der Waals surface area (Å²) in [6, 6.07) is 0. The van der Waals surface area contributed by atoms with E-state index in [0.29, 0.717) is 6.61 Å². The van der Waals surface area contributed by atoms with Gasteiger partial charge in [0.25, 0.3) is 0 Å². The maximum Gasteiger partial charge on any atom is 0.0900 e. The highest BCUT2D eigenvalue weighted by Gasteiger charge is 2.18. The normalized spacial score (nSPS) is 21.0. The molecule has 0 bridgehead atoms. The summed E-state index contributed by atoms with van der Waals surface area (Å²) in [6.45, 7) is 13.0. The summed E-state index contributed by atoms with van der Waals surface area (Å²) in [5, 5.41) is 9.84. The first-order valence-corrected chi connectivity index (χ1v) is 6.86. The van der Waals surface area contributed by atoms with Gasteiger partial charge in [0.15, 0.2) is 0 Å². The van der Waals surface area contributed by atoms with Crippen molar-refractivity contribution in [2.24, 2.45) is 0 Å². The third-order valence-electron chi connectivity index (χ3n) is 3.10. The molecule has 1 saturated heterocycles. The standard InChI is InChI=1S/C13H28N2O2/c1-4-5-14-6-8-15(9-7-14)10-13(16)11-17-12(2)3/h12-13,16H,4-11H2,1-3H3. The fraction of sp³-hybridized carbons (Fsp3) is 1.00. The van der Waals surface area contributed by atoms with Gasteiger partial charge in [-0.2, -0.15) is 0 Å². The van der Waals surface area contributed by atoms with Crippen molar-refractivity contribution in [2.45, 2.75) is 39.4 Å². The number of piperazine rings is 1. The molecule has 1 fully saturated rings. The highest BCUT2D eigenvalue weighted by atomic mass is 16.5. The van der Waals surface area contributed by atoms with Gasteiger partial charge in [0.2, 0.25) is 0 Å². The molecule has 0 aliphatic carbocycles. The third-order valence-corrected chi connectivity index (χ3v) is 3.10. The Balaban J connectivity index is 2.12. The Labute approximate surface area is 106 Å². The number of hydrogen-bond donors (Lipinski definition) is 1. The van der Waals surface area contributed by atoms with E-state index in [0.717, 1.165) is 32.7 Å². The van der Waals surface area contributed by atoms with E-state index in [2.05, 4.69) is 16.7 Å². The minimum absolute atomic E-state index is 0.200. The largest absolute Gasteiger partial charge is 0.389 e. The molecule has 102 valence electrons. The second-order valence-corrected chi connectivity index (χ2v) is 5.18. The van der Waals surface area contributed by atoms with Gasteiger partial charge in [0.05, 0.1) is 18.8 Å². The second kappa shape index (κ2) is 8.03. The minimum Gasteiger partial charge on any atom is -0.389 e. The Morgan fingerprint density at radius 3 is 2.24 bits per heavy atom. The van der Waals surface area contributed by atoms with Gasteiger partial charge in [-0.3, -0.25) is 4.90 Å². The van der Waals surface area contributed by atoms with E-state index >= 15 is 0 Å². The van der Waals surface area contributed by atoms with Crippen LogP contribution in [0.15, 0.2) is 0 Å². The van der Waals surface area contributed by atoms with E-state index in [9.17, 15) is 5.11 Å². The molecule has 1 atom stereocenters. The number of ether oxygens (including phenoxy) is 1. The van der Waals surface area contributed by atoms with Crippen LogP contribution in [0.3, 0.4) is 0 Å². The van der Waals surface area contributed by atoms with Crippen LogP contribution >= 0.6 is 0 Å². The molecule has 0 aromatic carbocycles. The number of aliphatic hydroxyl groups is 1. The van der Waals surface area contributed by atoms with Crippen LogP contribution < -0.4 is 0 Å². The van der Waals surface area contributed by atoms with Crippen molar-refractivity contribution in [2.75, 3.05) is 45.9 Å². The zero-order chi connectivity index (χ0) is 12.7. The summed E-state index contributed by atoms with van der Waals surface area (Å²) >= 11 is 0. The Hall–Kier alpha value is -0.160. The summed E-state index contributed by atoms with van der Waals surface area (Å²) in [5.41, 5.74) is 0. The summed E-state index contributed by atoms with van der Waals surface area (Å²) in [7, 11) is 0. The van der Waals surface area contributed by atoms with Crippen LogP contribution in [0.5, 0.6) is 0 Å². The molecule has 1 N–H and O–H groups in total. The smallest absolute Gasteiger partial charge is 0.0900 e. The Morgan fingerprint density at radius 1 is 1.12 bits per heavy atom. The lowest BCUT2D eigenvalue weighted by atomic mass is 10.2. The molecule has 1 aliphatic rings. The zero-order valence-electron chi connectivity index (χ0n) is 11.6. The fourth-order valence-electron chi connectivity index (χ4n) is 2.17. The number of nitrogens with zero attached hydrogens (tertiary/aromatic N) is 2. The summed E-state index contributed by atoms with van der Waals surface area (Å²) in [4.78, 5) is 4.83. The van der Waals surface area contributed by atoms with Crippen LogP contribution in [0.4, 0.5) is 0 Å². The maximum atomic E-state index is 9.84. The molecule has 1 aliphatic heterocycles. The van der Waals surface area contributed by atoms with Crippen molar-refractivity contribution < 1.29 is 9.84 Å². The quantitative estimate of drug-likeness (QED) is 0.718. The number of hydrogen-bond acceptors (Lipinski definition) is 4. The molecule has 1 heterocycles. The monoisotopic (exact) mass is 244 g/mol. The second-order valence-electron chi connectivity index (χ2n) is 5.18. The lowest BCUT2D eigenvalue weighted by molar-refractivity contribution is -0.0144. The summed E-state index contributed by atoms with van der Waals surface area (Å²) < 4.78 is 5.42. The first-order chi connectivity index (χ1) is 8.11. The van der Waals surface area contributed by atoms with E-state index in [4.69, 9.17) is 4.74 Å². The molecular formula is C13H28N2O2. The van der Waals surface area contributed by atoms with Gasteiger partial charge >= 0.3 is 0 Å². The Morgan fingerprint density at radius 2 is 1.71 bits per heavy atom. The first-order valence-electron chi connectivity index (χ1n) is 6.86. The first kappa shape index (κ1) is 14.9. The third kappa shape index (κ3) is 6.36. The lowest BCUT2D eigenvalue weighted by Gasteiger charge is -2.35. The van der Waals surface area contributed by atoms with Crippen LogP contribution in [0.2, 0.25) is 0 Å². The Bertz CT molecular complexity index is 192. The van der Waals surface area contributed by atoms with E-state index in [1.807, 2.05) is 13.8 Å². The van der Waals surface area contributed by atoms with Crippen LogP contribution in [0, 0.1) is 0 Å². The molecule has 0 spiro atoms. The predicted molar refractivity (Wildman–Crippen MR) is 70.3 cm³/mol. The molecule has 0 amide bonds. The summed E-state index contributed by atoms with van der Waals surface area (Å²) in [5.74, 6) is 0. The molecule has 4 heteroatoms. The molecule has 4 nitrogen and oxygen atoms in total. The minimum atomic E-state index is -0.352. The van der Waals surface area contributed by atoms with Gasteiger partial charge in [-0.15, -0.1) is 0 Å². The molecule has 1 unspecified atom stereocenters. The van der Waals surface area contributed by atoms with Crippen molar-refractivity contribution in [3.8, 4) is 0 Å². The number of aliphatic hydroxyl groups excluding tert-OH is 1. The summed E-state index contributed by atoms with van der Waals surface area (Å²) in [6.07, 6.45) is 1.08. The molecule has 0 aromatic rings. The van der Waals surface area contributed by atoms with Gasteiger partial charge < -0.3 is 14.7 Å². The van der Waals surface area contributed by atoms with E-state index in [1.54, 1.807) is 0 Å². The maximum absolute atomic E-state index is 9.84. The van der Waals surface area contributed by atoms with Crippen molar-refractivity contribution >= 4 is 0 Å². The molecule has 0 radical (unpaired) electrons. The lowest BCUT2D eigenvalue weighted by Crippen LogP contribution is -2.49. The average molecular weight is 244 g/mol. The van der Waals surface area contributed by atoms with Gasteiger partial charge in [-0.05, 0) is 26.8 Å². The highest BCUT2D eigenvalue weighted by molar-refractivity contribution is 4.73. The fourth-order valence-corrected chi connectivity index (χ4v) is 2.17. The van der Waals surface area contributed by atoms with Crippen LogP contribution in [-0.4, -0.2) is 73.0 Å². The molecule has 1 rings (SSSR count). The van der Waals surface area contributed by atoms with Gasteiger partial charge in [0, 0.05) is 32.7 Å². The van der Waals surface area contributed by atoms with Crippen molar-refractivity contribution in [3.05, 3.63) is 0 Å². The van der Waals surface area contributed by atoms with E-state index in [1.165, 1.54) is 13.0 Å². The SMILES string of the molecule is CCCN1CCN(CC(O)COC(C)C)CC1. The predicted octanol–water partition coefficient (Wildman–Crippen LogP) is 0.800. The topological polar surface area (TPSA) is 35.9 Å². The molecule has 17 heavy (non-hydrogen) atoms. The molecule has 0 saturated carbocycles. The van der Waals surface area contributed by atoms with Crippen molar-refractivity contribution in [1.82, 2.24) is 9.80 Å². The van der Waals surface area contributed by atoms with Crippen LogP contribution in [-0.2, 0) is 4.74 Å². The van der Waals surface area contributed by atoms with Crippen molar-refractivity contribution in [1.29, 1.82) is 0 Å². The van der Waals surface area contributed by atoms with E-state index < -0.39 is 0 Å². The van der Waals surface area contributed by atoms with Crippen LogP contribution in [0.25, 0.3) is 0 Å². The molecular weight excluding hydrogens is 216 g/mol. The van der Waals surface area contributed by atoms with Crippen molar-refractivity contribution in [3.63, 3.8) is 0 Å².